The van der Waals surface area contributed by atoms with Crippen molar-refractivity contribution in [2.75, 3.05) is 46.4 Å². The monoisotopic (exact) mass is 283 g/mol. The van der Waals surface area contributed by atoms with Gasteiger partial charge in [-0.25, -0.2) is 0 Å². The van der Waals surface area contributed by atoms with Crippen LogP contribution in [0, 0.1) is 5.92 Å². The van der Waals surface area contributed by atoms with Crippen molar-refractivity contribution in [1.29, 1.82) is 0 Å². The average Bonchev–Trinajstić information content (AvgIpc) is 2.80. The zero-order valence-corrected chi connectivity index (χ0v) is 12.7. The van der Waals surface area contributed by atoms with Gasteiger partial charge in [-0.15, -0.1) is 0 Å². The van der Waals surface area contributed by atoms with Crippen LogP contribution in [0.5, 0.6) is 0 Å². The van der Waals surface area contributed by atoms with Gasteiger partial charge in [0.15, 0.2) is 0 Å². The Bertz CT molecular complexity index is 303. The average molecular weight is 283 g/mol. The highest BCUT2D eigenvalue weighted by molar-refractivity contribution is 5.78. The van der Waals surface area contributed by atoms with Crippen molar-refractivity contribution in [2.45, 2.75) is 38.1 Å². The van der Waals surface area contributed by atoms with Gasteiger partial charge in [-0.1, -0.05) is 0 Å². The number of rotatable bonds is 7. The first-order valence-electron chi connectivity index (χ1n) is 7.95. The molecule has 2 aliphatic rings. The molecule has 2 saturated heterocycles. The lowest BCUT2D eigenvalue weighted by atomic mass is 9.95. The van der Waals surface area contributed by atoms with Crippen LogP contribution >= 0.6 is 0 Å². The van der Waals surface area contributed by atoms with Crippen molar-refractivity contribution in [1.82, 2.24) is 9.80 Å². The molecule has 0 aromatic rings. The highest BCUT2D eigenvalue weighted by atomic mass is 16.5. The topological polar surface area (TPSA) is 58.8 Å². The Morgan fingerprint density at radius 3 is 2.70 bits per heavy atom. The standard InChI is InChI=1S/C15H29N3O2/c1-20-11-10-17-8-5-13(6-9-17)12-18-14(4-7-16)2-3-15(18)19/h13-14H,2-12,16H2,1H3/t14-/m0/s1. The number of nitrogens with two attached hydrogens (primary N) is 1. The van der Waals surface area contributed by atoms with Crippen LogP contribution in [0.2, 0.25) is 0 Å². The number of likely N-dealkylation sites (tertiary alicyclic amines) is 2. The second kappa shape index (κ2) is 7.96. The molecule has 1 atom stereocenters. The van der Waals surface area contributed by atoms with Crippen molar-refractivity contribution in [2.24, 2.45) is 11.7 Å². The molecule has 1 amide bonds. The Hall–Kier alpha value is -0.650. The Balaban J connectivity index is 1.75. The van der Waals surface area contributed by atoms with E-state index in [1.165, 1.54) is 12.8 Å². The molecule has 0 spiro atoms. The number of nitrogens with zero attached hydrogens (tertiary/aromatic N) is 2. The first-order chi connectivity index (χ1) is 9.74. The summed E-state index contributed by atoms with van der Waals surface area (Å²) in [5.41, 5.74) is 5.66. The predicted octanol–water partition coefficient (Wildman–Crippen LogP) is 0.685. The third-order valence-electron chi connectivity index (χ3n) is 4.73. The van der Waals surface area contributed by atoms with Crippen LogP contribution in [0.3, 0.4) is 0 Å². The maximum Gasteiger partial charge on any atom is 0.222 e. The lowest BCUT2D eigenvalue weighted by molar-refractivity contribution is -0.129. The Morgan fingerprint density at radius 2 is 2.05 bits per heavy atom. The number of ether oxygens (including phenoxy) is 1. The summed E-state index contributed by atoms with van der Waals surface area (Å²) in [5.74, 6) is 1.00. The summed E-state index contributed by atoms with van der Waals surface area (Å²) in [4.78, 5) is 16.6. The van der Waals surface area contributed by atoms with Crippen LogP contribution in [0.15, 0.2) is 0 Å². The highest BCUT2D eigenvalue weighted by Crippen LogP contribution is 2.26. The fraction of sp³-hybridized carbons (Fsp3) is 0.933. The number of carbonyl (C=O) groups is 1. The van der Waals surface area contributed by atoms with Crippen LogP contribution in [0.25, 0.3) is 0 Å². The molecule has 2 rings (SSSR count). The van der Waals surface area contributed by atoms with E-state index in [1.807, 2.05) is 0 Å². The minimum absolute atomic E-state index is 0.338. The van der Waals surface area contributed by atoms with Gasteiger partial charge in [0, 0.05) is 32.7 Å². The zero-order chi connectivity index (χ0) is 14.4. The summed E-state index contributed by atoms with van der Waals surface area (Å²) in [5, 5.41) is 0. The van der Waals surface area contributed by atoms with Gasteiger partial charge in [-0.05, 0) is 51.2 Å². The number of hydrogen-bond donors (Lipinski definition) is 1. The van der Waals surface area contributed by atoms with Crippen LogP contribution in [0.1, 0.15) is 32.1 Å². The van der Waals surface area contributed by atoms with Gasteiger partial charge in [0.05, 0.1) is 6.61 Å². The van der Waals surface area contributed by atoms with E-state index in [1.54, 1.807) is 7.11 Å². The van der Waals surface area contributed by atoms with Gasteiger partial charge in [-0.3, -0.25) is 4.79 Å². The van der Waals surface area contributed by atoms with Crippen molar-refractivity contribution >= 4 is 5.91 Å². The van der Waals surface area contributed by atoms with Crippen molar-refractivity contribution in [3.8, 4) is 0 Å². The molecule has 2 N–H and O–H groups in total. The molecule has 0 aliphatic carbocycles. The van der Waals surface area contributed by atoms with Crippen LogP contribution < -0.4 is 5.73 Å². The number of amides is 1. The summed E-state index contributed by atoms with van der Waals surface area (Å²) in [6, 6.07) is 0.402. The summed E-state index contributed by atoms with van der Waals surface area (Å²) in [6.45, 7) is 5.75. The molecule has 0 unspecified atom stereocenters. The minimum Gasteiger partial charge on any atom is -0.383 e. The quantitative estimate of drug-likeness (QED) is 0.746. The molecule has 0 saturated carbocycles. The normalized spacial score (nSPS) is 25.6. The van der Waals surface area contributed by atoms with E-state index >= 15 is 0 Å². The van der Waals surface area contributed by atoms with E-state index in [4.69, 9.17) is 10.5 Å². The maximum absolute atomic E-state index is 12.0. The van der Waals surface area contributed by atoms with Gasteiger partial charge in [-0.2, -0.15) is 0 Å². The Kier molecular flexibility index (Phi) is 6.26. The minimum atomic E-state index is 0.338. The predicted molar refractivity (Wildman–Crippen MR) is 79.4 cm³/mol. The molecule has 0 radical (unpaired) electrons. The number of piperidine rings is 1. The largest absolute Gasteiger partial charge is 0.383 e. The summed E-state index contributed by atoms with van der Waals surface area (Å²) in [6.07, 6.45) is 5.07. The molecule has 116 valence electrons. The van der Waals surface area contributed by atoms with E-state index in [9.17, 15) is 4.79 Å². The zero-order valence-electron chi connectivity index (χ0n) is 12.7. The SMILES string of the molecule is COCCN1CCC(CN2C(=O)CC[C@H]2CCN)CC1. The molecule has 0 aromatic heterocycles. The van der Waals surface area contributed by atoms with Gasteiger partial charge in [0.25, 0.3) is 0 Å². The molecule has 5 nitrogen and oxygen atoms in total. The third kappa shape index (κ3) is 4.17. The van der Waals surface area contributed by atoms with Gasteiger partial charge < -0.3 is 20.3 Å². The van der Waals surface area contributed by atoms with Gasteiger partial charge in [0.1, 0.15) is 0 Å². The molecule has 0 bridgehead atoms. The molecule has 2 fully saturated rings. The molecular formula is C15H29N3O2. The molecular weight excluding hydrogens is 254 g/mol. The van der Waals surface area contributed by atoms with E-state index in [-0.39, 0.29) is 0 Å². The van der Waals surface area contributed by atoms with Crippen LogP contribution in [-0.4, -0.2) is 68.2 Å². The van der Waals surface area contributed by atoms with E-state index < -0.39 is 0 Å². The summed E-state index contributed by atoms with van der Waals surface area (Å²) in [7, 11) is 1.75. The number of carbonyl (C=O) groups excluding carboxylic acids is 1. The fourth-order valence-corrected chi connectivity index (χ4v) is 3.43. The summed E-state index contributed by atoms with van der Waals surface area (Å²) >= 11 is 0. The van der Waals surface area contributed by atoms with E-state index in [2.05, 4.69) is 9.80 Å². The fourth-order valence-electron chi connectivity index (χ4n) is 3.43. The summed E-state index contributed by atoms with van der Waals surface area (Å²) < 4.78 is 5.13. The van der Waals surface area contributed by atoms with Crippen molar-refractivity contribution in [3.05, 3.63) is 0 Å². The number of methoxy groups -OCH3 is 1. The lowest BCUT2D eigenvalue weighted by Gasteiger charge is -2.35. The second-order valence-electron chi connectivity index (χ2n) is 6.09. The third-order valence-corrected chi connectivity index (χ3v) is 4.73. The van der Waals surface area contributed by atoms with Gasteiger partial charge in [0.2, 0.25) is 5.91 Å². The molecule has 20 heavy (non-hydrogen) atoms. The van der Waals surface area contributed by atoms with Crippen molar-refractivity contribution in [3.63, 3.8) is 0 Å². The van der Waals surface area contributed by atoms with Crippen LogP contribution in [0.4, 0.5) is 0 Å². The Labute approximate surface area is 122 Å². The molecule has 2 aliphatic heterocycles. The Morgan fingerprint density at radius 1 is 1.30 bits per heavy atom. The second-order valence-corrected chi connectivity index (χ2v) is 6.09. The molecule has 0 aromatic carbocycles. The highest BCUT2D eigenvalue weighted by Gasteiger charge is 2.32. The number of hydrogen-bond acceptors (Lipinski definition) is 4. The van der Waals surface area contributed by atoms with E-state index in [0.29, 0.717) is 24.4 Å². The van der Waals surface area contributed by atoms with E-state index in [0.717, 1.165) is 52.0 Å². The van der Waals surface area contributed by atoms with Crippen molar-refractivity contribution < 1.29 is 9.53 Å². The maximum atomic E-state index is 12.0. The smallest absolute Gasteiger partial charge is 0.222 e. The first-order valence-corrected chi connectivity index (χ1v) is 7.95. The first kappa shape index (κ1) is 15.7. The van der Waals surface area contributed by atoms with Gasteiger partial charge >= 0.3 is 0 Å². The van der Waals surface area contributed by atoms with Crippen LogP contribution in [-0.2, 0) is 9.53 Å². The molecule has 5 heteroatoms. The lowest BCUT2D eigenvalue weighted by Crippen LogP contribution is -2.43. The molecule has 2 heterocycles.